The summed E-state index contributed by atoms with van der Waals surface area (Å²) in [5.74, 6) is -0.492. The summed E-state index contributed by atoms with van der Waals surface area (Å²) < 4.78 is 0. The van der Waals surface area contributed by atoms with Gasteiger partial charge in [0.1, 0.15) is 5.69 Å². The van der Waals surface area contributed by atoms with Crippen LogP contribution >= 0.6 is 0 Å². The Morgan fingerprint density at radius 1 is 1.07 bits per heavy atom. The summed E-state index contributed by atoms with van der Waals surface area (Å²) in [4.78, 5) is 24.0. The van der Waals surface area contributed by atoms with Crippen LogP contribution < -0.4 is 11.3 Å². The number of hydrogen-bond donors (Lipinski definition) is 4. The van der Waals surface area contributed by atoms with Crippen molar-refractivity contribution in [3.63, 3.8) is 0 Å². The molecular formula is C22H18N4O3. The van der Waals surface area contributed by atoms with Gasteiger partial charge in [-0.2, -0.15) is 0 Å². The van der Waals surface area contributed by atoms with E-state index >= 15 is 0 Å². The molecule has 0 amide bonds. The number of aliphatic imine (C=N–C) groups is 1. The number of aromatic nitrogens is 2. The molecule has 7 nitrogen and oxygen atoms in total. The fourth-order valence-corrected chi connectivity index (χ4v) is 2.99. The minimum Gasteiger partial charge on any atom is -0.504 e. The Bertz CT molecular complexity index is 1280. The number of nitrogen functional groups attached to an aromatic ring is 1. The van der Waals surface area contributed by atoms with Gasteiger partial charge in [0, 0.05) is 18.2 Å². The fourth-order valence-electron chi connectivity index (χ4n) is 2.99. The highest BCUT2D eigenvalue weighted by Crippen LogP contribution is 2.29. The molecule has 0 spiro atoms. The van der Waals surface area contributed by atoms with Crippen LogP contribution in [0.3, 0.4) is 0 Å². The highest BCUT2D eigenvalue weighted by Gasteiger charge is 2.09. The maximum absolute atomic E-state index is 12.4. The molecule has 4 rings (SSSR count). The number of H-pyrrole nitrogens is 1. The lowest BCUT2D eigenvalue weighted by molar-refractivity contribution is 0.403. The van der Waals surface area contributed by atoms with E-state index in [1.807, 2.05) is 30.3 Å². The Morgan fingerprint density at radius 2 is 1.86 bits per heavy atom. The molecule has 0 unspecified atom stereocenters. The van der Waals surface area contributed by atoms with E-state index in [4.69, 9.17) is 5.73 Å². The van der Waals surface area contributed by atoms with E-state index in [-0.39, 0.29) is 17.1 Å². The maximum atomic E-state index is 12.4. The van der Waals surface area contributed by atoms with Gasteiger partial charge in [-0.1, -0.05) is 36.4 Å². The standard InChI is InChI=1S/C22H18N4O3/c23-15-10-17-18(11-16(15)24-12-14-7-4-8-20(27)21(14)28)25-19(22(29)26-17)9-13-5-2-1-3-6-13/h1-8,10-12,27-28H,9,23H2,(H,26,29). The van der Waals surface area contributed by atoms with Gasteiger partial charge in [0.2, 0.25) is 0 Å². The van der Waals surface area contributed by atoms with Crippen molar-refractivity contribution in [2.75, 3.05) is 5.73 Å². The number of nitrogens with two attached hydrogens (primary N) is 1. The van der Waals surface area contributed by atoms with Gasteiger partial charge in [0.05, 0.1) is 22.4 Å². The van der Waals surface area contributed by atoms with Gasteiger partial charge in [-0.05, 0) is 29.8 Å². The number of phenols is 2. The van der Waals surface area contributed by atoms with Crippen LogP contribution in [-0.2, 0) is 6.42 Å². The van der Waals surface area contributed by atoms with Gasteiger partial charge in [-0.3, -0.25) is 9.79 Å². The summed E-state index contributed by atoms with van der Waals surface area (Å²) in [6.07, 6.45) is 1.81. The molecule has 0 saturated carbocycles. The minimum absolute atomic E-state index is 0.231. The SMILES string of the molecule is Nc1cc2[nH]c(=O)c(Cc3ccccc3)nc2cc1N=Cc1cccc(O)c1O. The van der Waals surface area contributed by atoms with Crippen molar-refractivity contribution >= 4 is 28.6 Å². The molecule has 0 fully saturated rings. The Labute approximate surface area is 165 Å². The maximum Gasteiger partial charge on any atom is 0.270 e. The monoisotopic (exact) mass is 386 g/mol. The second kappa shape index (κ2) is 7.47. The van der Waals surface area contributed by atoms with E-state index in [0.717, 1.165) is 5.56 Å². The predicted octanol–water partition coefficient (Wildman–Crippen LogP) is 3.26. The number of benzene rings is 3. The van der Waals surface area contributed by atoms with E-state index in [1.54, 1.807) is 24.3 Å². The molecule has 0 radical (unpaired) electrons. The van der Waals surface area contributed by atoms with E-state index in [9.17, 15) is 15.0 Å². The summed E-state index contributed by atoms with van der Waals surface area (Å²) in [6, 6.07) is 17.5. The molecule has 0 atom stereocenters. The third-order valence-corrected chi connectivity index (χ3v) is 4.51. The number of hydrogen-bond acceptors (Lipinski definition) is 6. The number of fused-ring (bicyclic) bond motifs is 1. The molecule has 0 saturated heterocycles. The Morgan fingerprint density at radius 3 is 2.66 bits per heavy atom. The van der Waals surface area contributed by atoms with Crippen LogP contribution in [0.15, 0.2) is 70.5 Å². The number of nitrogens with zero attached hydrogens (tertiary/aromatic N) is 2. The lowest BCUT2D eigenvalue weighted by Crippen LogP contribution is -2.15. The molecule has 144 valence electrons. The molecule has 0 bridgehead atoms. The zero-order chi connectivity index (χ0) is 20.4. The van der Waals surface area contributed by atoms with Crippen molar-refractivity contribution in [3.05, 3.63) is 87.8 Å². The number of anilines is 1. The summed E-state index contributed by atoms with van der Waals surface area (Å²) in [6.45, 7) is 0. The molecule has 3 aromatic carbocycles. The second-order valence-corrected chi connectivity index (χ2v) is 6.58. The highest BCUT2D eigenvalue weighted by atomic mass is 16.3. The Balaban J connectivity index is 1.73. The van der Waals surface area contributed by atoms with Crippen molar-refractivity contribution < 1.29 is 10.2 Å². The Kier molecular flexibility index (Phi) is 4.70. The van der Waals surface area contributed by atoms with Crippen LogP contribution in [0.1, 0.15) is 16.8 Å². The summed E-state index contributed by atoms with van der Waals surface area (Å²) in [5, 5.41) is 19.5. The number of aromatic amines is 1. The first-order chi connectivity index (χ1) is 14.0. The minimum atomic E-state index is -0.262. The van der Waals surface area contributed by atoms with Gasteiger partial charge in [-0.25, -0.2) is 4.98 Å². The van der Waals surface area contributed by atoms with Gasteiger partial charge >= 0.3 is 0 Å². The summed E-state index contributed by atoms with van der Waals surface area (Å²) in [7, 11) is 0. The van der Waals surface area contributed by atoms with Crippen LogP contribution in [0.2, 0.25) is 0 Å². The number of nitrogens with one attached hydrogen (secondary N) is 1. The molecule has 0 aliphatic rings. The molecule has 1 heterocycles. The first kappa shape index (κ1) is 18.2. The van der Waals surface area contributed by atoms with Gasteiger partial charge < -0.3 is 20.9 Å². The molecule has 7 heteroatoms. The number of aromatic hydroxyl groups is 2. The van der Waals surface area contributed by atoms with E-state index < -0.39 is 0 Å². The van der Waals surface area contributed by atoms with Crippen LogP contribution in [0.5, 0.6) is 11.5 Å². The van der Waals surface area contributed by atoms with Gasteiger partial charge in [0.15, 0.2) is 11.5 Å². The third kappa shape index (κ3) is 3.79. The van der Waals surface area contributed by atoms with Crippen molar-refractivity contribution in [3.8, 4) is 11.5 Å². The van der Waals surface area contributed by atoms with Crippen LogP contribution in [0.4, 0.5) is 11.4 Å². The first-order valence-electron chi connectivity index (χ1n) is 8.92. The van der Waals surface area contributed by atoms with Crippen LogP contribution in [0, 0.1) is 0 Å². The molecule has 4 aromatic rings. The van der Waals surface area contributed by atoms with Crippen LogP contribution in [-0.4, -0.2) is 26.4 Å². The number of para-hydroxylation sites is 1. The van der Waals surface area contributed by atoms with Crippen molar-refractivity contribution in [2.45, 2.75) is 6.42 Å². The van der Waals surface area contributed by atoms with E-state index in [2.05, 4.69) is 15.0 Å². The van der Waals surface area contributed by atoms with Crippen molar-refractivity contribution in [1.82, 2.24) is 9.97 Å². The average molecular weight is 386 g/mol. The lowest BCUT2D eigenvalue weighted by atomic mass is 10.1. The van der Waals surface area contributed by atoms with E-state index in [0.29, 0.717) is 40.1 Å². The largest absolute Gasteiger partial charge is 0.504 e. The molecule has 0 aliphatic carbocycles. The zero-order valence-electron chi connectivity index (χ0n) is 15.3. The number of phenolic OH excluding ortho intramolecular Hbond substituents is 2. The normalized spacial score (nSPS) is 11.3. The second-order valence-electron chi connectivity index (χ2n) is 6.58. The molecule has 29 heavy (non-hydrogen) atoms. The summed E-state index contributed by atoms with van der Waals surface area (Å²) in [5.41, 5.74) is 9.38. The topological polar surface area (TPSA) is 125 Å². The van der Waals surface area contributed by atoms with Crippen molar-refractivity contribution in [1.29, 1.82) is 0 Å². The van der Waals surface area contributed by atoms with Gasteiger partial charge in [-0.15, -0.1) is 0 Å². The van der Waals surface area contributed by atoms with E-state index in [1.165, 1.54) is 12.3 Å². The predicted molar refractivity (Wildman–Crippen MR) is 113 cm³/mol. The lowest BCUT2D eigenvalue weighted by Gasteiger charge is -2.06. The highest BCUT2D eigenvalue weighted by molar-refractivity contribution is 5.91. The quantitative estimate of drug-likeness (QED) is 0.243. The molecule has 1 aromatic heterocycles. The molecule has 5 N–H and O–H groups in total. The zero-order valence-corrected chi connectivity index (χ0v) is 15.3. The third-order valence-electron chi connectivity index (χ3n) is 4.51. The smallest absolute Gasteiger partial charge is 0.270 e. The molecular weight excluding hydrogens is 368 g/mol. The first-order valence-corrected chi connectivity index (χ1v) is 8.92. The Hall–Kier alpha value is -4.13. The van der Waals surface area contributed by atoms with Gasteiger partial charge in [0.25, 0.3) is 5.56 Å². The van der Waals surface area contributed by atoms with Crippen molar-refractivity contribution in [2.24, 2.45) is 4.99 Å². The summed E-state index contributed by atoms with van der Waals surface area (Å²) >= 11 is 0. The fraction of sp³-hybridized carbons (Fsp3) is 0.0455. The molecule has 0 aliphatic heterocycles. The number of rotatable bonds is 4. The average Bonchev–Trinajstić information content (AvgIpc) is 2.71. The van der Waals surface area contributed by atoms with Crippen LogP contribution in [0.25, 0.3) is 11.0 Å².